The van der Waals surface area contributed by atoms with E-state index in [0.717, 1.165) is 19.4 Å². The van der Waals surface area contributed by atoms with Gasteiger partial charge < -0.3 is 10.6 Å². The third-order valence-corrected chi connectivity index (χ3v) is 3.73. The number of nitrogens with one attached hydrogen (secondary N) is 2. The van der Waals surface area contributed by atoms with E-state index in [1.54, 1.807) is 0 Å². The molecule has 0 unspecified atom stereocenters. The van der Waals surface area contributed by atoms with E-state index in [9.17, 15) is 0 Å². The summed E-state index contributed by atoms with van der Waals surface area (Å²) >= 11 is 0. The molecule has 0 saturated carbocycles. The van der Waals surface area contributed by atoms with Gasteiger partial charge in [0, 0.05) is 16.9 Å². The van der Waals surface area contributed by atoms with Crippen molar-refractivity contribution < 1.29 is 0 Å². The van der Waals surface area contributed by atoms with Crippen LogP contribution < -0.4 is 10.6 Å². The summed E-state index contributed by atoms with van der Waals surface area (Å²) in [4.78, 5) is 0. The zero-order valence-electron chi connectivity index (χ0n) is 11.8. The van der Waals surface area contributed by atoms with Gasteiger partial charge in [-0.1, -0.05) is 42.5 Å². The van der Waals surface area contributed by atoms with Crippen molar-refractivity contribution in [3.8, 4) is 0 Å². The Morgan fingerprint density at radius 2 is 1.80 bits per heavy atom. The van der Waals surface area contributed by atoms with Crippen molar-refractivity contribution in [1.29, 1.82) is 0 Å². The van der Waals surface area contributed by atoms with Gasteiger partial charge in [-0.25, -0.2) is 0 Å². The van der Waals surface area contributed by atoms with Crippen molar-refractivity contribution in [2.24, 2.45) is 0 Å². The smallest absolute Gasteiger partial charge is 0.0460 e. The normalized spacial score (nSPS) is 12.2. The highest BCUT2D eigenvalue weighted by Gasteiger charge is 2.10. The lowest BCUT2D eigenvalue weighted by Gasteiger charge is -2.13. The number of para-hydroxylation sites is 1. The predicted molar refractivity (Wildman–Crippen MR) is 87.3 cm³/mol. The molecule has 1 aliphatic rings. The molecule has 0 fully saturated rings. The largest absolute Gasteiger partial charge is 0.355 e. The Kier molecular flexibility index (Phi) is 3.84. The summed E-state index contributed by atoms with van der Waals surface area (Å²) in [6.07, 6.45) is 6.71. The summed E-state index contributed by atoms with van der Waals surface area (Å²) < 4.78 is 0. The second-order valence-corrected chi connectivity index (χ2v) is 5.13. The fourth-order valence-corrected chi connectivity index (χ4v) is 2.67. The van der Waals surface area contributed by atoms with Gasteiger partial charge in [-0.3, -0.25) is 0 Å². The fourth-order valence-electron chi connectivity index (χ4n) is 2.67. The van der Waals surface area contributed by atoms with Gasteiger partial charge in [0.05, 0.1) is 0 Å². The van der Waals surface area contributed by atoms with Crippen LogP contribution in [0.4, 0.5) is 11.4 Å². The van der Waals surface area contributed by atoms with Crippen LogP contribution in [0.25, 0.3) is 12.2 Å². The maximum atomic E-state index is 3.56. The molecule has 2 nitrogen and oxygen atoms in total. The Hall–Kier alpha value is -2.06. The maximum Gasteiger partial charge on any atom is 0.0460 e. The predicted octanol–water partition coefficient (Wildman–Crippen LogP) is 4.07. The first-order chi connectivity index (χ1) is 9.88. The molecule has 20 heavy (non-hydrogen) atoms. The highest BCUT2D eigenvalue weighted by atomic mass is 14.9. The van der Waals surface area contributed by atoms with E-state index >= 15 is 0 Å². The minimum atomic E-state index is 1.06. The molecule has 1 aliphatic heterocycles. The van der Waals surface area contributed by atoms with Gasteiger partial charge in [0.1, 0.15) is 0 Å². The average Bonchev–Trinajstić information content (AvgIpc) is 2.67. The molecule has 2 N–H and O–H groups in total. The molecule has 2 aromatic rings. The van der Waals surface area contributed by atoms with Crippen LogP contribution in [0.1, 0.15) is 23.1 Å². The summed E-state index contributed by atoms with van der Waals surface area (Å²) in [6.45, 7) is 1.06. The van der Waals surface area contributed by atoms with Crippen LogP contribution in [-0.2, 0) is 6.42 Å². The molecule has 0 radical (unpaired) electrons. The van der Waals surface area contributed by atoms with E-state index in [4.69, 9.17) is 0 Å². The summed E-state index contributed by atoms with van der Waals surface area (Å²) in [5.74, 6) is 0. The number of fused-ring (bicyclic) bond motifs is 2. The molecule has 2 heteroatoms. The molecule has 0 amide bonds. The molecule has 0 aliphatic carbocycles. The van der Waals surface area contributed by atoms with Crippen molar-refractivity contribution in [3.63, 3.8) is 0 Å². The standard InChI is InChI=1S/C18H20N2/c1-19-13-5-8-14-7-4-10-18-16(14)12-11-15-6-2-3-9-17(15)20-18/h2-4,6-7,9-12,19-20H,5,8,13H2,1H3. The number of benzene rings is 2. The number of aryl methyl sites for hydroxylation is 1. The SMILES string of the molecule is CNCCCc1cccc2c1C=Cc1ccccc1N2. The van der Waals surface area contributed by atoms with Crippen molar-refractivity contribution in [3.05, 3.63) is 59.2 Å². The van der Waals surface area contributed by atoms with Gasteiger partial charge in [-0.05, 0) is 49.7 Å². The lowest BCUT2D eigenvalue weighted by molar-refractivity contribution is 0.724. The zero-order chi connectivity index (χ0) is 13.8. The zero-order valence-corrected chi connectivity index (χ0v) is 11.8. The number of anilines is 2. The minimum absolute atomic E-state index is 1.06. The fraction of sp³-hybridized carbons (Fsp3) is 0.222. The highest BCUT2D eigenvalue weighted by Crippen LogP contribution is 2.32. The molecule has 2 aromatic carbocycles. The van der Waals surface area contributed by atoms with E-state index in [0.29, 0.717) is 0 Å². The van der Waals surface area contributed by atoms with Crippen LogP contribution in [0.3, 0.4) is 0 Å². The van der Waals surface area contributed by atoms with Crippen LogP contribution in [0.15, 0.2) is 42.5 Å². The van der Waals surface area contributed by atoms with Crippen molar-refractivity contribution in [2.45, 2.75) is 12.8 Å². The van der Waals surface area contributed by atoms with E-state index < -0.39 is 0 Å². The summed E-state index contributed by atoms with van der Waals surface area (Å²) in [5, 5.41) is 6.77. The van der Waals surface area contributed by atoms with Gasteiger partial charge in [-0.2, -0.15) is 0 Å². The number of rotatable bonds is 4. The topological polar surface area (TPSA) is 24.1 Å². The van der Waals surface area contributed by atoms with Crippen molar-refractivity contribution in [1.82, 2.24) is 5.32 Å². The Morgan fingerprint density at radius 1 is 0.950 bits per heavy atom. The van der Waals surface area contributed by atoms with Crippen LogP contribution in [-0.4, -0.2) is 13.6 Å². The van der Waals surface area contributed by atoms with Crippen LogP contribution >= 0.6 is 0 Å². The summed E-state index contributed by atoms with van der Waals surface area (Å²) in [5.41, 5.74) is 6.35. The second-order valence-electron chi connectivity index (χ2n) is 5.13. The van der Waals surface area contributed by atoms with Crippen molar-refractivity contribution >= 4 is 23.5 Å². The Morgan fingerprint density at radius 3 is 2.70 bits per heavy atom. The molecule has 102 valence electrons. The first-order valence-electron chi connectivity index (χ1n) is 7.19. The second kappa shape index (κ2) is 5.93. The third-order valence-electron chi connectivity index (χ3n) is 3.73. The Labute approximate surface area is 120 Å². The monoisotopic (exact) mass is 264 g/mol. The van der Waals surface area contributed by atoms with Crippen LogP contribution in [0.5, 0.6) is 0 Å². The molecular formula is C18H20N2. The minimum Gasteiger partial charge on any atom is -0.355 e. The van der Waals surface area contributed by atoms with Gasteiger partial charge in [-0.15, -0.1) is 0 Å². The lowest BCUT2D eigenvalue weighted by atomic mass is 10.0. The molecule has 0 saturated heterocycles. The molecular weight excluding hydrogens is 244 g/mol. The number of hydrogen-bond acceptors (Lipinski definition) is 2. The molecule has 0 bridgehead atoms. The summed E-state index contributed by atoms with van der Waals surface area (Å²) in [6, 6.07) is 15.0. The molecule has 0 aromatic heterocycles. The lowest BCUT2D eigenvalue weighted by Crippen LogP contribution is -2.08. The maximum absolute atomic E-state index is 3.56. The van der Waals surface area contributed by atoms with Crippen molar-refractivity contribution in [2.75, 3.05) is 18.9 Å². The van der Waals surface area contributed by atoms with E-state index in [1.165, 1.54) is 28.1 Å². The van der Waals surface area contributed by atoms with E-state index in [2.05, 4.69) is 65.3 Å². The van der Waals surface area contributed by atoms with Crippen LogP contribution in [0, 0.1) is 0 Å². The van der Waals surface area contributed by atoms with Gasteiger partial charge in [0.25, 0.3) is 0 Å². The Balaban J connectivity index is 1.94. The average molecular weight is 264 g/mol. The number of hydrogen-bond donors (Lipinski definition) is 2. The summed E-state index contributed by atoms with van der Waals surface area (Å²) in [7, 11) is 2.00. The first-order valence-corrected chi connectivity index (χ1v) is 7.19. The Bertz CT molecular complexity index is 629. The first kappa shape index (κ1) is 12.9. The van der Waals surface area contributed by atoms with Crippen LogP contribution in [0.2, 0.25) is 0 Å². The third kappa shape index (κ3) is 2.61. The van der Waals surface area contributed by atoms with E-state index in [-0.39, 0.29) is 0 Å². The highest BCUT2D eigenvalue weighted by molar-refractivity contribution is 5.88. The quantitative estimate of drug-likeness (QED) is 0.694. The van der Waals surface area contributed by atoms with Gasteiger partial charge in [0.15, 0.2) is 0 Å². The molecule has 0 atom stereocenters. The van der Waals surface area contributed by atoms with Gasteiger partial charge >= 0.3 is 0 Å². The molecule has 0 spiro atoms. The van der Waals surface area contributed by atoms with Gasteiger partial charge in [0.2, 0.25) is 0 Å². The molecule has 3 rings (SSSR count). The molecule has 1 heterocycles. The van der Waals surface area contributed by atoms with E-state index in [1.807, 2.05) is 7.05 Å².